The van der Waals surface area contributed by atoms with Gasteiger partial charge in [0.25, 0.3) is 0 Å². The lowest BCUT2D eigenvalue weighted by molar-refractivity contribution is 0.405. The van der Waals surface area contributed by atoms with E-state index >= 15 is 0 Å². The Morgan fingerprint density at radius 1 is 1.24 bits per heavy atom. The maximum absolute atomic E-state index is 12.7. The van der Waals surface area contributed by atoms with E-state index in [0.29, 0.717) is 11.1 Å². The van der Waals surface area contributed by atoms with Crippen LogP contribution < -0.4 is 0 Å². The van der Waals surface area contributed by atoms with E-state index in [9.17, 15) is 16.8 Å². The van der Waals surface area contributed by atoms with Crippen LogP contribution in [0.15, 0.2) is 29.2 Å². The lowest BCUT2D eigenvalue weighted by Gasteiger charge is -2.32. The summed E-state index contributed by atoms with van der Waals surface area (Å²) in [4.78, 5) is 0.132. The maximum Gasteiger partial charge on any atom is 0.244 e. The molecule has 21 heavy (non-hydrogen) atoms. The maximum atomic E-state index is 12.7. The van der Waals surface area contributed by atoms with Crippen LogP contribution in [0.4, 0.5) is 0 Å². The van der Waals surface area contributed by atoms with E-state index in [1.807, 2.05) is 0 Å². The second-order valence-corrected chi connectivity index (χ2v) is 10.6. The number of alkyl halides is 1. The molecular formula is C12H16BrNO4S3. The number of sulfonamides is 1. The summed E-state index contributed by atoms with van der Waals surface area (Å²) >= 11 is 4.76. The molecule has 1 unspecified atom stereocenters. The van der Waals surface area contributed by atoms with Crippen molar-refractivity contribution < 1.29 is 16.8 Å². The number of hydrogen-bond acceptors (Lipinski definition) is 5. The van der Waals surface area contributed by atoms with E-state index in [1.54, 1.807) is 12.1 Å². The van der Waals surface area contributed by atoms with Crippen molar-refractivity contribution >= 4 is 47.6 Å². The topological polar surface area (TPSA) is 71.5 Å². The zero-order valence-electron chi connectivity index (χ0n) is 11.4. The first-order valence-electron chi connectivity index (χ1n) is 6.20. The molecule has 9 heteroatoms. The van der Waals surface area contributed by atoms with Gasteiger partial charge in [-0.15, -0.1) is 0 Å². The minimum atomic E-state index is -3.79. The molecule has 1 heterocycles. The highest BCUT2D eigenvalue weighted by Gasteiger charge is 2.39. The highest BCUT2D eigenvalue weighted by molar-refractivity contribution is 9.08. The Labute approximate surface area is 138 Å². The number of benzene rings is 1. The van der Waals surface area contributed by atoms with Crippen LogP contribution in [-0.2, 0) is 25.2 Å². The first kappa shape index (κ1) is 17.3. The molecule has 0 aromatic heterocycles. The second-order valence-electron chi connectivity index (χ2n) is 4.75. The molecule has 5 nitrogen and oxygen atoms in total. The number of sulfone groups is 1. The zero-order chi connectivity index (χ0) is 15.7. The first-order chi connectivity index (χ1) is 9.76. The van der Waals surface area contributed by atoms with Crippen molar-refractivity contribution in [3.8, 4) is 0 Å². The summed E-state index contributed by atoms with van der Waals surface area (Å²) in [6.07, 6.45) is 1.08. The smallest absolute Gasteiger partial charge is 0.227 e. The summed E-state index contributed by atoms with van der Waals surface area (Å²) in [6, 6.07) is 6.48. The fourth-order valence-corrected chi connectivity index (χ4v) is 7.61. The van der Waals surface area contributed by atoms with Crippen LogP contribution in [0.1, 0.15) is 5.56 Å². The van der Waals surface area contributed by atoms with Crippen molar-refractivity contribution in [2.45, 2.75) is 15.6 Å². The van der Waals surface area contributed by atoms with Crippen molar-refractivity contribution in [2.24, 2.45) is 0 Å². The summed E-state index contributed by atoms with van der Waals surface area (Å²) in [7, 11) is -7.25. The van der Waals surface area contributed by atoms with E-state index in [4.69, 9.17) is 0 Å². The Hall–Kier alpha value is -0.0900. The van der Waals surface area contributed by atoms with Crippen LogP contribution in [0.3, 0.4) is 0 Å². The predicted molar refractivity (Wildman–Crippen MR) is 88.9 cm³/mol. The molecular weight excluding hydrogens is 398 g/mol. The SMILES string of the molecule is CS(=O)(=O)C1CSCCN1S(=O)(=O)c1ccc(CBr)cc1. The van der Waals surface area contributed by atoms with Crippen molar-refractivity contribution in [1.82, 2.24) is 4.31 Å². The van der Waals surface area contributed by atoms with Gasteiger partial charge in [0.2, 0.25) is 10.0 Å². The molecule has 1 aromatic rings. The van der Waals surface area contributed by atoms with Crippen LogP contribution in [-0.4, -0.2) is 50.8 Å². The van der Waals surface area contributed by atoms with Crippen LogP contribution in [0.5, 0.6) is 0 Å². The standard InChI is InChI=1S/C12H16BrNO4S3/c1-20(15,16)12-9-19-7-6-14(12)21(17,18)11-4-2-10(8-13)3-5-11/h2-5,12H,6-9H2,1H3. The number of hydrogen-bond donors (Lipinski definition) is 0. The Balaban J connectivity index is 2.40. The summed E-state index contributed by atoms with van der Waals surface area (Å²) in [6.45, 7) is 0.213. The molecule has 1 aliphatic heterocycles. The van der Waals surface area contributed by atoms with Gasteiger partial charge in [0.1, 0.15) is 5.37 Å². The largest absolute Gasteiger partial charge is 0.244 e. The Kier molecular flexibility index (Phi) is 5.40. The van der Waals surface area contributed by atoms with E-state index < -0.39 is 25.2 Å². The predicted octanol–water partition coefficient (Wildman–Crippen LogP) is 1.69. The molecule has 2 rings (SSSR count). The summed E-state index contributed by atoms with van der Waals surface area (Å²) in [5, 5.41) is -0.350. The van der Waals surface area contributed by atoms with Gasteiger partial charge < -0.3 is 0 Å². The Morgan fingerprint density at radius 2 is 1.86 bits per heavy atom. The molecule has 118 valence electrons. The van der Waals surface area contributed by atoms with Crippen molar-refractivity contribution in [2.75, 3.05) is 24.3 Å². The monoisotopic (exact) mass is 413 g/mol. The van der Waals surface area contributed by atoms with E-state index in [2.05, 4.69) is 15.9 Å². The summed E-state index contributed by atoms with van der Waals surface area (Å²) in [5.41, 5.74) is 0.961. The first-order valence-corrected chi connectivity index (χ1v) is 11.9. The van der Waals surface area contributed by atoms with E-state index in [1.165, 1.54) is 23.9 Å². The molecule has 0 amide bonds. The molecule has 0 radical (unpaired) electrons. The summed E-state index contributed by atoms with van der Waals surface area (Å²) < 4.78 is 50.2. The quantitative estimate of drug-likeness (QED) is 0.702. The van der Waals surface area contributed by atoms with Crippen molar-refractivity contribution in [1.29, 1.82) is 0 Å². The summed E-state index contributed by atoms with van der Waals surface area (Å²) in [5.74, 6) is 0.877. The zero-order valence-corrected chi connectivity index (χ0v) is 15.4. The normalized spacial score (nSPS) is 21.3. The van der Waals surface area contributed by atoms with E-state index in [0.717, 1.165) is 16.1 Å². The molecule has 1 aromatic carbocycles. The fourth-order valence-electron chi connectivity index (χ4n) is 2.06. The minimum Gasteiger partial charge on any atom is -0.227 e. The third-order valence-corrected chi connectivity index (χ3v) is 8.56. The molecule has 1 fully saturated rings. The molecule has 0 saturated carbocycles. The Morgan fingerprint density at radius 3 is 2.38 bits per heavy atom. The number of thioether (sulfide) groups is 1. The third kappa shape index (κ3) is 3.82. The number of halogens is 1. The van der Waals surface area contributed by atoms with Gasteiger partial charge in [0.15, 0.2) is 9.84 Å². The van der Waals surface area contributed by atoms with Crippen molar-refractivity contribution in [3.05, 3.63) is 29.8 Å². The van der Waals surface area contributed by atoms with Crippen molar-refractivity contribution in [3.63, 3.8) is 0 Å². The molecule has 1 atom stereocenters. The lowest BCUT2D eigenvalue weighted by atomic mass is 10.2. The van der Waals surface area contributed by atoms with Gasteiger partial charge in [-0.05, 0) is 17.7 Å². The highest BCUT2D eigenvalue weighted by Crippen LogP contribution is 2.27. The molecule has 1 aliphatic rings. The highest BCUT2D eigenvalue weighted by atomic mass is 79.9. The van der Waals surface area contributed by atoms with Gasteiger partial charge in [0.05, 0.1) is 4.90 Å². The molecule has 0 bridgehead atoms. The van der Waals surface area contributed by atoms with E-state index in [-0.39, 0.29) is 17.2 Å². The molecule has 0 spiro atoms. The number of rotatable bonds is 4. The Bertz CT molecular complexity index is 701. The lowest BCUT2D eigenvalue weighted by Crippen LogP contribution is -2.49. The molecule has 1 saturated heterocycles. The molecule has 0 N–H and O–H groups in total. The van der Waals surface area contributed by atoms with Gasteiger partial charge in [-0.3, -0.25) is 0 Å². The van der Waals surface area contributed by atoms with Gasteiger partial charge in [0, 0.05) is 29.6 Å². The van der Waals surface area contributed by atoms with Gasteiger partial charge in [-0.25, -0.2) is 16.8 Å². The van der Waals surface area contributed by atoms with Crippen LogP contribution in [0.25, 0.3) is 0 Å². The molecule has 0 aliphatic carbocycles. The van der Waals surface area contributed by atoms with Gasteiger partial charge >= 0.3 is 0 Å². The van der Waals surface area contributed by atoms with Crippen LogP contribution >= 0.6 is 27.7 Å². The third-order valence-electron chi connectivity index (χ3n) is 3.22. The average Bonchev–Trinajstić information content (AvgIpc) is 2.46. The van der Waals surface area contributed by atoms with Gasteiger partial charge in [-0.1, -0.05) is 28.1 Å². The average molecular weight is 414 g/mol. The van der Waals surface area contributed by atoms with Gasteiger partial charge in [-0.2, -0.15) is 16.1 Å². The van der Waals surface area contributed by atoms with Crippen LogP contribution in [0, 0.1) is 0 Å². The van der Waals surface area contributed by atoms with Crippen LogP contribution in [0.2, 0.25) is 0 Å². The number of nitrogens with zero attached hydrogens (tertiary/aromatic N) is 1. The minimum absolute atomic E-state index is 0.132. The fraction of sp³-hybridized carbons (Fsp3) is 0.500. The second kappa shape index (κ2) is 6.57.